The predicted molar refractivity (Wildman–Crippen MR) is 107 cm³/mol. The van der Waals surface area contributed by atoms with Crippen molar-refractivity contribution in [2.75, 3.05) is 59.1 Å². The summed E-state index contributed by atoms with van der Waals surface area (Å²) >= 11 is 0. The van der Waals surface area contributed by atoms with Gasteiger partial charge >= 0.3 is 6.18 Å². The molecule has 1 atom stereocenters. The molecule has 0 saturated carbocycles. The van der Waals surface area contributed by atoms with Crippen LogP contribution in [0.1, 0.15) is 19.4 Å². The zero-order valence-electron chi connectivity index (χ0n) is 17.3. The maximum absolute atomic E-state index is 13.0. The Kier molecular flexibility index (Phi) is 9.12. The zero-order valence-corrected chi connectivity index (χ0v) is 17.3. The summed E-state index contributed by atoms with van der Waals surface area (Å²) in [4.78, 5) is 10.2. The van der Waals surface area contributed by atoms with Gasteiger partial charge in [-0.1, -0.05) is 0 Å². The van der Waals surface area contributed by atoms with Crippen LogP contribution in [0, 0.1) is 0 Å². The summed E-state index contributed by atoms with van der Waals surface area (Å²) < 4.78 is 49.4. The normalized spacial score (nSPS) is 18.0. The average molecular weight is 433 g/mol. The number of hydrogen-bond donors (Lipinski definition) is 3. The topological polar surface area (TPSA) is 91.2 Å². The van der Waals surface area contributed by atoms with Crippen molar-refractivity contribution in [1.82, 2.24) is 20.5 Å². The molecule has 1 unspecified atom stereocenters. The van der Waals surface area contributed by atoms with Gasteiger partial charge in [0.2, 0.25) is 5.88 Å². The van der Waals surface area contributed by atoms with E-state index in [1.54, 1.807) is 6.92 Å². The van der Waals surface area contributed by atoms with Crippen molar-refractivity contribution in [2.24, 2.45) is 4.99 Å². The molecule has 170 valence electrons. The summed E-state index contributed by atoms with van der Waals surface area (Å²) in [5.41, 5.74) is -1.93. The second-order valence-corrected chi connectivity index (χ2v) is 7.21. The standard InChI is InChI=1S/C19H30F3N5O3/c1-3-23-17(26-13-18(2,28)14-27-8-11-29-12-9-27)25-7-10-30-16-15(19(20,21)22)5-4-6-24-16/h4-6,28H,3,7-14H2,1-2H3,(H2,23,25,26). The number of aliphatic hydroxyl groups is 1. The second-order valence-electron chi connectivity index (χ2n) is 7.21. The Morgan fingerprint density at radius 1 is 1.33 bits per heavy atom. The first-order valence-electron chi connectivity index (χ1n) is 9.91. The summed E-state index contributed by atoms with van der Waals surface area (Å²) in [6, 6.07) is 2.14. The summed E-state index contributed by atoms with van der Waals surface area (Å²) in [6.07, 6.45) is -3.28. The Morgan fingerprint density at radius 2 is 2.07 bits per heavy atom. The largest absolute Gasteiger partial charge is 0.475 e. The Labute approximate surface area is 174 Å². The molecule has 0 radical (unpaired) electrons. The molecule has 1 aliphatic heterocycles. The van der Waals surface area contributed by atoms with E-state index in [9.17, 15) is 18.3 Å². The quantitative estimate of drug-likeness (QED) is 0.305. The average Bonchev–Trinajstić information content (AvgIpc) is 2.69. The molecule has 1 aromatic heterocycles. The number of ether oxygens (including phenoxy) is 2. The van der Waals surface area contributed by atoms with Gasteiger partial charge in [0.05, 0.1) is 31.9 Å². The van der Waals surface area contributed by atoms with Crippen LogP contribution in [-0.2, 0) is 10.9 Å². The predicted octanol–water partition coefficient (Wildman–Crippen LogP) is 1.12. The number of pyridine rings is 1. The first-order chi connectivity index (χ1) is 14.2. The van der Waals surface area contributed by atoms with Crippen LogP contribution in [0.15, 0.2) is 23.3 Å². The van der Waals surface area contributed by atoms with Gasteiger partial charge in [-0.3, -0.25) is 9.89 Å². The molecule has 1 saturated heterocycles. The first kappa shape index (κ1) is 24.2. The lowest BCUT2D eigenvalue weighted by atomic mass is 10.1. The summed E-state index contributed by atoms with van der Waals surface area (Å²) in [5.74, 6) is -0.0115. The molecule has 1 aromatic rings. The third-order valence-electron chi connectivity index (χ3n) is 4.30. The van der Waals surface area contributed by atoms with Gasteiger partial charge in [0.1, 0.15) is 12.2 Å². The molecule has 3 N–H and O–H groups in total. The lowest BCUT2D eigenvalue weighted by Gasteiger charge is -2.33. The van der Waals surface area contributed by atoms with Crippen LogP contribution in [0.5, 0.6) is 5.88 Å². The third-order valence-corrected chi connectivity index (χ3v) is 4.30. The van der Waals surface area contributed by atoms with Crippen molar-refractivity contribution >= 4 is 5.96 Å². The molecule has 1 aliphatic rings. The van der Waals surface area contributed by atoms with Gasteiger partial charge in [-0.15, -0.1) is 0 Å². The number of aromatic nitrogens is 1. The van der Waals surface area contributed by atoms with Crippen LogP contribution in [0.2, 0.25) is 0 Å². The molecule has 30 heavy (non-hydrogen) atoms. The maximum Gasteiger partial charge on any atom is 0.421 e. The summed E-state index contributed by atoms with van der Waals surface area (Å²) in [6.45, 7) is 7.86. The lowest BCUT2D eigenvalue weighted by Crippen LogP contribution is -2.48. The van der Waals surface area contributed by atoms with Gasteiger partial charge in [-0.25, -0.2) is 4.98 Å². The fourth-order valence-corrected chi connectivity index (χ4v) is 2.92. The molecule has 11 heteroatoms. The van der Waals surface area contributed by atoms with Gasteiger partial charge in [-0.05, 0) is 26.0 Å². The highest BCUT2D eigenvalue weighted by molar-refractivity contribution is 5.79. The molecule has 0 aliphatic carbocycles. The van der Waals surface area contributed by atoms with Crippen LogP contribution in [0.3, 0.4) is 0 Å². The van der Waals surface area contributed by atoms with E-state index in [4.69, 9.17) is 9.47 Å². The molecule has 2 heterocycles. The number of guanidine groups is 1. The van der Waals surface area contributed by atoms with Gasteiger partial charge in [0.25, 0.3) is 0 Å². The second kappa shape index (κ2) is 11.3. The van der Waals surface area contributed by atoms with Crippen molar-refractivity contribution in [3.05, 3.63) is 23.9 Å². The molecular weight excluding hydrogens is 403 g/mol. The zero-order chi connectivity index (χ0) is 22.0. The van der Waals surface area contributed by atoms with E-state index in [0.29, 0.717) is 32.3 Å². The number of alkyl halides is 3. The van der Waals surface area contributed by atoms with Crippen molar-refractivity contribution in [2.45, 2.75) is 25.6 Å². The van der Waals surface area contributed by atoms with E-state index < -0.39 is 23.2 Å². The minimum absolute atomic E-state index is 0.0331. The number of β-amino-alcohol motifs (C(OH)–C–C–N with tert-alkyl or cyclic N) is 1. The van der Waals surface area contributed by atoms with Crippen LogP contribution in [-0.4, -0.2) is 85.6 Å². The van der Waals surface area contributed by atoms with Crippen LogP contribution in [0.4, 0.5) is 13.2 Å². The summed E-state index contributed by atoms with van der Waals surface area (Å²) in [7, 11) is 0. The number of hydrogen-bond acceptors (Lipinski definition) is 6. The van der Waals surface area contributed by atoms with Crippen LogP contribution >= 0.6 is 0 Å². The number of nitrogens with one attached hydrogen (secondary N) is 2. The van der Waals surface area contributed by atoms with Gasteiger partial charge in [0, 0.05) is 32.4 Å². The van der Waals surface area contributed by atoms with Gasteiger partial charge in [0.15, 0.2) is 5.96 Å². The molecule has 0 aromatic carbocycles. The Hall–Kier alpha value is -2.11. The van der Waals surface area contributed by atoms with Crippen molar-refractivity contribution < 1.29 is 27.8 Å². The van der Waals surface area contributed by atoms with E-state index in [2.05, 4.69) is 25.5 Å². The SMILES string of the molecule is CCNC(=NCC(C)(O)CN1CCOCC1)NCCOc1ncccc1C(F)(F)F. The highest BCUT2D eigenvalue weighted by Crippen LogP contribution is 2.34. The number of nitrogens with zero attached hydrogens (tertiary/aromatic N) is 3. The van der Waals surface area contributed by atoms with Crippen molar-refractivity contribution in [1.29, 1.82) is 0 Å². The fourth-order valence-electron chi connectivity index (χ4n) is 2.92. The maximum atomic E-state index is 13.0. The molecule has 8 nitrogen and oxygen atoms in total. The third kappa shape index (κ3) is 8.33. The van der Waals surface area contributed by atoms with E-state index in [0.717, 1.165) is 19.2 Å². The Morgan fingerprint density at radius 3 is 2.73 bits per heavy atom. The van der Waals surface area contributed by atoms with Crippen molar-refractivity contribution in [3.63, 3.8) is 0 Å². The Balaban J connectivity index is 1.84. The van der Waals surface area contributed by atoms with E-state index >= 15 is 0 Å². The lowest BCUT2D eigenvalue weighted by molar-refractivity contribution is -0.139. The number of morpholine rings is 1. The van der Waals surface area contributed by atoms with E-state index in [1.165, 1.54) is 12.3 Å². The van der Waals surface area contributed by atoms with E-state index in [-0.39, 0.29) is 19.7 Å². The van der Waals surface area contributed by atoms with Gasteiger partial charge < -0.3 is 25.2 Å². The highest BCUT2D eigenvalue weighted by Gasteiger charge is 2.35. The highest BCUT2D eigenvalue weighted by atomic mass is 19.4. The fraction of sp³-hybridized carbons (Fsp3) is 0.684. The molecule has 0 amide bonds. The minimum atomic E-state index is -4.53. The summed E-state index contributed by atoms with van der Waals surface area (Å²) in [5, 5.41) is 16.6. The monoisotopic (exact) mass is 433 g/mol. The smallest absolute Gasteiger partial charge is 0.421 e. The number of rotatable bonds is 9. The number of aliphatic imine (C=N–C) groups is 1. The van der Waals surface area contributed by atoms with Crippen LogP contribution in [0.25, 0.3) is 0 Å². The molecular formula is C19H30F3N5O3. The molecule has 1 fully saturated rings. The molecule has 0 spiro atoms. The van der Waals surface area contributed by atoms with Crippen molar-refractivity contribution in [3.8, 4) is 5.88 Å². The minimum Gasteiger partial charge on any atom is -0.475 e. The Bertz CT molecular complexity index is 680. The van der Waals surface area contributed by atoms with Gasteiger partial charge in [-0.2, -0.15) is 13.2 Å². The van der Waals surface area contributed by atoms with Crippen LogP contribution < -0.4 is 15.4 Å². The molecule has 0 bridgehead atoms. The molecule has 2 rings (SSSR count). The first-order valence-corrected chi connectivity index (χ1v) is 9.91. The van der Waals surface area contributed by atoms with E-state index in [1.807, 2.05) is 6.92 Å². The number of halogens is 3.